The molecule has 0 aromatic heterocycles. The van der Waals surface area contributed by atoms with Crippen LogP contribution in [0.4, 0.5) is 0 Å². The van der Waals surface area contributed by atoms with E-state index in [4.69, 9.17) is 0 Å². The van der Waals surface area contributed by atoms with E-state index >= 15 is 0 Å². The van der Waals surface area contributed by atoms with E-state index in [0.717, 1.165) is 12.8 Å². The Balaban J connectivity index is 2.61. The summed E-state index contributed by atoms with van der Waals surface area (Å²) in [7, 11) is 0. The highest BCUT2D eigenvalue weighted by Crippen LogP contribution is 2.47. The highest BCUT2D eigenvalue weighted by Gasteiger charge is 2.46. The zero-order chi connectivity index (χ0) is 8.65. The van der Waals surface area contributed by atoms with Gasteiger partial charge in [-0.3, -0.25) is 9.59 Å². The molecule has 62 valence electrons. The molecule has 2 nitrogen and oxygen atoms in total. The molecule has 0 bridgehead atoms. The summed E-state index contributed by atoms with van der Waals surface area (Å²) in [5.41, 5.74) is -0.148. The minimum absolute atomic E-state index is 0.0110. The van der Waals surface area contributed by atoms with Crippen LogP contribution in [0.2, 0.25) is 0 Å². The van der Waals surface area contributed by atoms with Gasteiger partial charge in [0.2, 0.25) is 0 Å². The molecular weight excluding hydrogens is 140 g/mol. The molecule has 0 aliphatic heterocycles. The van der Waals surface area contributed by atoms with Crippen LogP contribution in [0.25, 0.3) is 0 Å². The topological polar surface area (TPSA) is 34.1 Å². The second-order valence-electron chi connectivity index (χ2n) is 3.76. The van der Waals surface area contributed by atoms with Gasteiger partial charge in [-0.25, -0.2) is 0 Å². The van der Waals surface area contributed by atoms with Crippen LogP contribution in [0.1, 0.15) is 33.6 Å². The zero-order valence-corrected chi connectivity index (χ0v) is 7.31. The van der Waals surface area contributed by atoms with Gasteiger partial charge in [-0.05, 0) is 26.7 Å². The number of rotatable bonds is 3. The van der Waals surface area contributed by atoms with Crippen molar-refractivity contribution in [3.8, 4) is 0 Å². The maximum atomic E-state index is 11.4. The van der Waals surface area contributed by atoms with Gasteiger partial charge >= 0.3 is 0 Å². The van der Waals surface area contributed by atoms with E-state index in [9.17, 15) is 9.59 Å². The first-order valence-corrected chi connectivity index (χ1v) is 4.02. The predicted octanol–water partition coefficient (Wildman–Crippen LogP) is 1.58. The van der Waals surface area contributed by atoms with Crippen LogP contribution in [0.5, 0.6) is 0 Å². The zero-order valence-electron chi connectivity index (χ0n) is 7.31. The van der Waals surface area contributed by atoms with Crippen molar-refractivity contribution in [2.24, 2.45) is 11.3 Å². The second-order valence-corrected chi connectivity index (χ2v) is 3.76. The minimum Gasteiger partial charge on any atom is -0.299 e. The number of hydrogen-bond acceptors (Lipinski definition) is 2. The molecule has 0 saturated heterocycles. The lowest BCUT2D eigenvalue weighted by Gasteiger charge is -2.11. The first-order chi connectivity index (χ1) is 4.97. The number of hydrogen-bond donors (Lipinski definition) is 0. The summed E-state index contributed by atoms with van der Waals surface area (Å²) in [4.78, 5) is 22.3. The quantitative estimate of drug-likeness (QED) is 0.578. The van der Waals surface area contributed by atoms with Crippen LogP contribution >= 0.6 is 0 Å². The van der Waals surface area contributed by atoms with Gasteiger partial charge in [-0.2, -0.15) is 0 Å². The van der Waals surface area contributed by atoms with E-state index in [1.165, 1.54) is 6.92 Å². The molecule has 1 saturated carbocycles. The third-order valence-electron chi connectivity index (χ3n) is 2.60. The highest BCUT2D eigenvalue weighted by molar-refractivity contribution is 6.04. The van der Waals surface area contributed by atoms with E-state index < -0.39 is 0 Å². The van der Waals surface area contributed by atoms with Gasteiger partial charge in [-0.1, -0.05) is 6.92 Å². The molecule has 1 fully saturated rings. The molecule has 1 aliphatic rings. The molecule has 0 amide bonds. The van der Waals surface area contributed by atoms with Crippen molar-refractivity contribution < 1.29 is 9.59 Å². The average Bonchev–Trinajstić information content (AvgIpc) is 2.66. The van der Waals surface area contributed by atoms with Crippen LogP contribution in [-0.4, -0.2) is 11.6 Å². The van der Waals surface area contributed by atoms with E-state index in [-0.39, 0.29) is 22.9 Å². The largest absolute Gasteiger partial charge is 0.299 e. The molecule has 0 aromatic carbocycles. The van der Waals surface area contributed by atoms with Crippen molar-refractivity contribution in [3.05, 3.63) is 0 Å². The summed E-state index contributed by atoms with van der Waals surface area (Å²) in [5, 5.41) is 0. The molecule has 1 unspecified atom stereocenters. The Bertz CT molecular complexity index is 202. The third-order valence-corrected chi connectivity index (χ3v) is 2.60. The first kappa shape index (κ1) is 8.44. The summed E-state index contributed by atoms with van der Waals surface area (Å²) in [6.45, 7) is 5.12. The van der Waals surface area contributed by atoms with Crippen molar-refractivity contribution in [1.29, 1.82) is 0 Å². The summed E-state index contributed by atoms with van der Waals surface area (Å²) in [5.74, 6) is -0.268. The summed E-state index contributed by atoms with van der Waals surface area (Å²) in [6.07, 6.45) is 1.92. The van der Waals surface area contributed by atoms with Crippen LogP contribution in [0, 0.1) is 11.3 Å². The lowest BCUT2D eigenvalue weighted by molar-refractivity contribution is -0.133. The molecule has 0 aromatic rings. The van der Waals surface area contributed by atoms with Crippen molar-refractivity contribution in [1.82, 2.24) is 0 Å². The number of ketones is 2. The van der Waals surface area contributed by atoms with Crippen molar-refractivity contribution >= 4 is 11.6 Å². The van der Waals surface area contributed by atoms with Crippen LogP contribution in [0.15, 0.2) is 0 Å². The molecule has 0 N–H and O–H groups in total. The molecular formula is C9H14O2. The smallest absolute Gasteiger partial charge is 0.148 e. The fourth-order valence-electron chi connectivity index (χ4n) is 1.14. The lowest BCUT2D eigenvalue weighted by Crippen LogP contribution is -2.25. The molecule has 0 radical (unpaired) electrons. The van der Waals surface area contributed by atoms with Crippen molar-refractivity contribution in [2.75, 3.05) is 0 Å². The van der Waals surface area contributed by atoms with E-state index in [2.05, 4.69) is 0 Å². The Morgan fingerprint density at radius 1 is 1.36 bits per heavy atom. The molecule has 1 atom stereocenters. The molecule has 0 heterocycles. The predicted molar refractivity (Wildman–Crippen MR) is 42.2 cm³/mol. The Hall–Kier alpha value is -0.660. The number of Topliss-reactive ketones (excluding diaryl/α,β-unsaturated/α-hetero) is 2. The fraction of sp³-hybridized carbons (Fsp3) is 0.778. The minimum atomic E-state index is -0.387. The van der Waals surface area contributed by atoms with Crippen molar-refractivity contribution in [2.45, 2.75) is 33.6 Å². The summed E-state index contributed by atoms with van der Waals surface area (Å²) < 4.78 is 0. The van der Waals surface area contributed by atoms with Gasteiger partial charge in [-0.15, -0.1) is 0 Å². The van der Waals surface area contributed by atoms with Crippen LogP contribution in [0.3, 0.4) is 0 Å². The molecule has 2 heteroatoms. The number of carbonyl (C=O) groups is 2. The van der Waals surface area contributed by atoms with Crippen molar-refractivity contribution in [3.63, 3.8) is 0 Å². The van der Waals surface area contributed by atoms with Gasteiger partial charge in [0.1, 0.15) is 11.6 Å². The van der Waals surface area contributed by atoms with E-state index in [0.29, 0.717) is 0 Å². The molecule has 0 spiro atoms. The maximum Gasteiger partial charge on any atom is 0.148 e. The van der Waals surface area contributed by atoms with Gasteiger partial charge in [0, 0.05) is 5.41 Å². The monoisotopic (exact) mass is 154 g/mol. The third kappa shape index (κ3) is 1.50. The van der Waals surface area contributed by atoms with Gasteiger partial charge in [0.25, 0.3) is 0 Å². The Kier molecular flexibility index (Phi) is 1.87. The molecule has 11 heavy (non-hydrogen) atoms. The Labute approximate surface area is 67.0 Å². The van der Waals surface area contributed by atoms with E-state index in [1.807, 2.05) is 6.92 Å². The van der Waals surface area contributed by atoms with E-state index in [1.54, 1.807) is 6.92 Å². The highest BCUT2D eigenvalue weighted by atomic mass is 16.2. The standard InChI is InChI=1S/C9H14O2/c1-6(7(2)10)8(11)9(3)4-5-9/h6H,4-5H2,1-3H3. The fourth-order valence-corrected chi connectivity index (χ4v) is 1.14. The second kappa shape index (κ2) is 2.43. The SMILES string of the molecule is CC(=O)C(C)C(=O)C1(C)CC1. The number of carbonyl (C=O) groups excluding carboxylic acids is 2. The summed E-state index contributed by atoms with van der Waals surface area (Å²) >= 11 is 0. The summed E-state index contributed by atoms with van der Waals surface area (Å²) in [6, 6.07) is 0. The van der Waals surface area contributed by atoms with Gasteiger partial charge in [0.05, 0.1) is 5.92 Å². The molecule has 1 aliphatic carbocycles. The van der Waals surface area contributed by atoms with Gasteiger partial charge in [0.15, 0.2) is 0 Å². The Morgan fingerprint density at radius 3 is 2.09 bits per heavy atom. The van der Waals surface area contributed by atoms with Crippen LogP contribution < -0.4 is 0 Å². The average molecular weight is 154 g/mol. The molecule has 1 rings (SSSR count). The van der Waals surface area contributed by atoms with Gasteiger partial charge < -0.3 is 0 Å². The Morgan fingerprint density at radius 2 is 1.82 bits per heavy atom. The normalized spacial score (nSPS) is 22.5. The van der Waals surface area contributed by atoms with Crippen LogP contribution in [-0.2, 0) is 9.59 Å². The lowest BCUT2D eigenvalue weighted by atomic mass is 9.91. The maximum absolute atomic E-state index is 11.4. The first-order valence-electron chi connectivity index (χ1n) is 4.02.